The second-order valence-electron chi connectivity index (χ2n) is 5.01. The Balaban J connectivity index is 2.24. The molecule has 1 atom stereocenters. The van der Waals surface area contributed by atoms with Gasteiger partial charge in [0, 0.05) is 14.1 Å². The molecule has 10 heteroatoms. The summed E-state index contributed by atoms with van der Waals surface area (Å²) in [5.74, 6) is 1.35. The molecule has 0 aliphatic carbocycles. The second kappa shape index (κ2) is 6.20. The van der Waals surface area contributed by atoms with E-state index < -0.39 is 0 Å². The third-order valence-electron chi connectivity index (χ3n) is 2.66. The van der Waals surface area contributed by atoms with Crippen LogP contribution in [0.25, 0.3) is 0 Å². The molecule has 9 nitrogen and oxygen atoms in total. The zero-order valence-electron chi connectivity index (χ0n) is 12.7. The van der Waals surface area contributed by atoms with Gasteiger partial charge in [-0.1, -0.05) is 11.8 Å². The molecular weight excluding hydrogens is 290 g/mol. The van der Waals surface area contributed by atoms with Crippen LogP contribution in [0, 0.1) is 0 Å². The summed E-state index contributed by atoms with van der Waals surface area (Å²) in [7, 11) is 3.71. The second-order valence-corrected chi connectivity index (χ2v) is 6.31. The van der Waals surface area contributed by atoms with Crippen molar-refractivity contribution in [3.8, 4) is 0 Å². The van der Waals surface area contributed by atoms with E-state index in [1.165, 1.54) is 11.8 Å². The Morgan fingerprint density at radius 2 is 1.86 bits per heavy atom. The molecule has 0 amide bonds. The van der Waals surface area contributed by atoms with Gasteiger partial charge in [0.1, 0.15) is 5.82 Å². The first-order valence-corrected chi connectivity index (χ1v) is 7.39. The van der Waals surface area contributed by atoms with Crippen molar-refractivity contribution < 1.29 is 0 Å². The van der Waals surface area contributed by atoms with Crippen LogP contribution in [0.5, 0.6) is 0 Å². The maximum Gasteiger partial charge on any atom is 0.229 e. The van der Waals surface area contributed by atoms with Crippen molar-refractivity contribution in [3.63, 3.8) is 0 Å². The summed E-state index contributed by atoms with van der Waals surface area (Å²) in [5, 5.41) is 12.4. The first-order chi connectivity index (χ1) is 9.88. The van der Waals surface area contributed by atoms with E-state index in [-0.39, 0.29) is 17.2 Å². The first kappa shape index (κ1) is 15.4. The van der Waals surface area contributed by atoms with Gasteiger partial charge in [0.05, 0.1) is 11.3 Å². The third-order valence-corrected chi connectivity index (χ3v) is 3.70. The highest BCUT2D eigenvalue weighted by atomic mass is 32.2. The fraction of sp³-hybridized carbons (Fsp3) is 0.636. The third kappa shape index (κ3) is 3.57. The molecule has 0 spiro atoms. The largest absolute Gasteiger partial charge is 0.368 e. The molecule has 0 aliphatic heterocycles. The van der Waals surface area contributed by atoms with Crippen LogP contribution in [0.4, 0.5) is 11.9 Å². The lowest BCUT2D eigenvalue weighted by atomic mass is 10.4. The molecule has 1 unspecified atom stereocenters. The minimum Gasteiger partial charge on any atom is -0.368 e. The van der Waals surface area contributed by atoms with Gasteiger partial charge in [-0.25, -0.2) is 4.68 Å². The number of hydrogen-bond donors (Lipinski definition) is 1. The zero-order chi connectivity index (χ0) is 15.6. The number of aromatic nitrogens is 7. The fourth-order valence-corrected chi connectivity index (χ4v) is 2.54. The number of hydrogen-bond acceptors (Lipinski definition) is 9. The lowest BCUT2D eigenvalue weighted by Gasteiger charge is -2.15. The Kier molecular flexibility index (Phi) is 4.56. The monoisotopic (exact) mass is 309 g/mol. The highest BCUT2D eigenvalue weighted by Crippen LogP contribution is 2.32. The lowest BCUT2D eigenvalue weighted by Crippen LogP contribution is -2.16. The summed E-state index contributed by atoms with van der Waals surface area (Å²) in [4.78, 5) is 14.5. The fourth-order valence-electron chi connectivity index (χ4n) is 1.58. The Morgan fingerprint density at radius 3 is 2.48 bits per heavy atom. The number of rotatable bonds is 5. The van der Waals surface area contributed by atoms with E-state index >= 15 is 0 Å². The molecule has 114 valence electrons. The summed E-state index contributed by atoms with van der Waals surface area (Å²) in [6.07, 6.45) is 0. The Labute approximate surface area is 127 Å². The van der Waals surface area contributed by atoms with Crippen LogP contribution in [0.3, 0.4) is 0 Å². The molecule has 0 aromatic carbocycles. The molecule has 0 fully saturated rings. The molecule has 0 saturated heterocycles. The van der Waals surface area contributed by atoms with E-state index in [1.807, 2.05) is 34.9 Å². The van der Waals surface area contributed by atoms with Crippen LogP contribution >= 0.6 is 11.8 Å². The topological polar surface area (TPSA) is 112 Å². The van der Waals surface area contributed by atoms with E-state index in [0.717, 1.165) is 5.16 Å². The van der Waals surface area contributed by atoms with Crippen LogP contribution < -0.4 is 10.6 Å². The molecule has 0 aliphatic rings. The van der Waals surface area contributed by atoms with Crippen LogP contribution in [0.1, 0.15) is 37.9 Å². The van der Waals surface area contributed by atoms with Crippen molar-refractivity contribution >= 4 is 23.7 Å². The SMILES string of the molecule is CC(Sc1nnnn1C(C)C)c1nc(N)nc(N(C)C)n1. The summed E-state index contributed by atoms with van der Waals surface area (Å²) in [6.45, 7) is 6.03. The predicted molar refractivity (Wildman–Crippen MR) is 81.0 cm³/mol. The van der Waals surface area contributed by atoms with Gasteiger partial charge in [-0.2, -0.15) is 15.0 Å². The Morgan fingerprint density at radius 1 is 1.14 bits per heavy atom. The maximum absolute atomic E-state index is 5.74. The number of tetrazole rings is 1. The van der Waals surface area contributed by atoms with Crippen molar-refractivity contribution in [1.82, 2.24) is 35.2 Å². The van der Waals surface area contributed by atoms with Gasteiger partial charge >= 0.3 is 0 Å². The smallest absolute Gasteiger partial charge is 0.229 e. The number of nitrogen functional groups attached to an aromatic ring is 1. The summed E-state index contributed by atoms with van der Waals surface area (Å²) in [5.41, 5.74) is 5.74. The van der Waals surface area contributed by atoms with Gasteiger partial charge in [0.2, 0.25) is 17.1 Å². The Bertz CT molecular complexity index is 609. The standard InChI is InChI=1S/C11H19N9S/c1-6(2)20-11(16-17-18-20)21-7(3)8-13-9(12)15-10(14-8)19(4)5/h6-7H,1-5H3,(H2,12,13,14,15). The molecule has 0 bridgehead atoms. The maximum atomic E-state index is 5.74. The number of thioether (sulfide) groups is 1. The number of nitrogens with zero attached hydrogens (tertiary/aromatic N) is 8. The summed E-state index contributed by atoms with van der Waals surface area (Å²) < 4.78 is 1.76. The molecule has 2 N–H and O–H groups in total. The van der Waals surface area contributed by atoms with Crippen LogP contribution in [0.2, 0.25) is 0 Å². The number of anilines is 2. The van der Waals surface area contributed by atoms with Gasteiger partial charge in [-0.15, -0.1) is 5.10 Å². The number of nitrogens with two attached hydrogens (primary N) is 1. The minimum absolute atomic E-state index is 0.0440. The Hall–Kier alpha value is -1.97. The predicted octanol–water partition coefficient (Wildman–Crippen LogP) is 0.940. The van der Waals surface area contributed by atoms with Crippen molar-refractivity contribution in [2.24, 2.45) is 0 Å². The average Bonchev–Trinajstić information content (AvgIpc) is 2.86. The van der Waals surface area contributed by atoms with E-state index in [2.05, 4.69) is 30.5 Å². The highest BCUT2D eigenvalue weighted by molar-refractivity contribution is 7.99. The molecule has 2 aromatic heterocycles. The van der Waals surface area contributed by atoms with Crippen molar-refractivity contribution in [2.45, 2.75) is 37.2 Å². The summed E-state index contributed by atoms with van der Waals surface area (Å²) in [6, 6.07) is 0.190. The molecule has 21 heavy (non-hydrogen) atoms. The normalized spacial score (nSPS) is 12.7. The van der Waals surface area contributed by atoms with E-state index in [4.69, 9.17) is 5.73 Å². The van der Waals surface area contributed by atoms with E-state index in [0.29, 0.717) is 11.8 Å². The molecule has 0 radical (unpaired) electrons. The van der Waals surface area contributed by atoms with Crippen molar-refractivity contribution in [2.75, 3.05) is 24.7 Å². The highest BCUT2D eigenvalue weighted by Gasteiger charge is 2.19. The van der Waals surface area contributed by atoms with Gasteiger partial charge in [-0.05, 0) is 31.2 Å². The molecule has 0 saturated carbocycles. The lowest BCUT2D eigenvalue weighted by molar-refractivity contribution is 0.476. The van der Waals surface area contributed by atoms with Crippen LogP contribution in [0.15, 0.2) is 5.16 Å². The molecule has 2 rings (SSSR count). The van der Waals surface area contributed by atoms with Crippen LogP contribution in [-0.2, 0) is 0 Å². The molecular formula is C11H19N9S. The zero-order valence-corrected chi connectivity index (χ0v) is 13.5. The molecule has 2 heterocycles. The summed E-state index contributed by atoms with van der Waals surface area (Å²) >= 11 is 1.49. The van der Waals surface area contributed by atoms with Gasteiger partial charge in [0.15, 0.2) is 0 Å². The van der Waals surface area contributed by atoms with Gasteiger partial charge < -0.3 is 10.6 Å². The quantitative estimate of drug-likeness (QED) is 0.806. The van der Waals surface area contributed by atoms with E-state index in [1.54, 1.807) is 9.58 Å². The minimum atomic E-state index is -0.0440. The van der Waals surface area contributed by atoms with Gasteiger partial charge in [-0.3, -0.25) is 0 Å². The molecule has 2 aromatic rings. The van der Waals surface area contributed by atoms with Crippen LogP contribution in [-0.4, -0.2) is 49.3 Å². The van der Waals surface area contributed by atoms with Gasteiger partial charge in [0.25, 0.3) is 0 Å². The van der Waals surface area contributed by atoms with Crippen molar-refractivity contribution in [3.05, 3.63) is 5.82 Å². The van der Waals surface area contributed by atoms with Crippen molar-refractivity contribution in [1.29, 1.82) is 0 Å². The first-order valence-electron chi connectivity index (χ1n) is 6.51. The van der Waals surface area contributed by atoms with E-state index in [9.17, 15) is 0 Å². The average molecular weight is 309 g/mol.